The van der Waals surface area contributed by atoms with Crippen molar-refractivity contribution in [3.05, 3.63) is 217 Å². The molecule has 0 aliphatic carbocycles. The first-order chi connectivity index (χ1) is 26.8. The van der Waals surface area contributed by atoms with E-state index in [1.807, 2.05) is 0 Å². The Morgan fingerprint density at radius 1 is 0.370 bits per heavy atom. The average molecular weight is 688 g/mol. The Morgan fingerprint density at radius 2 is 0.907 bits per heavy atom. The lowest BCUT2D eigenvalue weighted by molar-refractivity contribution is 1.30. The molecule has 0 aliphatic heterocycles. The summed E-state index contributed by atoms with van der Waals surface area (Å²) < 4.78 is 0. The summed E-state index contributed by atoms with van der Waals surface area (Å²) in [5, 5.41) is 16.5. The van der Waals surface area contributed by atoms with Gasteiger partial charge in [-0.05, 0) is 106 Å². The highest BCUT2D eigenvalue weighted by atomic mass is 14.9. The SMILES string of the molecule is C(/Cc1cccc2ccc3ccccc3c12)=C(/Nc1ccccc1)c1ccc(-c2c3ccccc3c(-c3ccccc3)c3c2ccc2ccccc23)cc1. The number of allylic oxidation sites excluding steroid dienone is 1. The fourth-order valence-corrected chi connectivity index (χ4v) is 8.42. The smallest absolute Gasteiger partial charge is 0.0420 e. The van der Waals surface area contributed by atoms with Gasteiger partial charge in [-0.1, -0.05) is 194 Å². The van der Waals surface area contributed by atoms with Gasteiger partial charge in [0.25, 0.3) is 0 Å². The van der Waals surface area contributed by atoms with Crippen LogP contribution in [0.3, 0.4) is 0 Å². The minimum Gasteiger partial charge on any atom is -0.355 e. The molecule has 10 rings (SSSR count). The van der Waals surface area contributed by atoms with Crippen LogP contribution in [0.4, 0.5) is 5.69 Å². The summed E-state index contributed by atoms with van der Waals surface area (Å²) in [6, 6.07) is 72.7. The molecule has 0 aliphatic rings. The van der Waals surface area contributed by atoms with Crippen molar-refractivity contribution >= 4 is 65.2 Å². The van der Waals surface area contributed by atoms with E-state index in [0.717, 1.165) is 23.4 Å². The van der Waals surface area contributed by atoms with Crippen LogP contribution in [0.5, 0.6) is 0 Å². The van der Waals surface area contributed by atoms with Gasteiger partial charge in [-0.15, -0.1) is 0 Å². The van der Waals surface area contributed by atoms with E-state index in [-0.39, 0.29) is 0 Å². The highest BCUT2D eigenvalue weighted by molar-refractivity contribution is 6.27. The van der Waals surface area contributed by atoms with Gasteiger partial charge >= 0.3 is 0 Å². The minimum absolute atomic E-state index is 0.797. The molecule has 10 aromatic carbocycles. The molecule has 0 bridgehead atoms. The van der Waals surface area contributed by atoms with Crippen LogP contribution in [0.2, 0.25) is 0 Å². The first kappa shape index (κ1) is 31.7. The van der Waals surface area contributed by atoms with Crippen LogP contribution in [-0.4, -0.2) is 0 Å². The first-order valence-corrected chi connectivity index (χ1v) is 18.7. The number of fused-ring (bicyclic) bond motifs is 7. The number of rotatable bonds is 7. The zero-order valence-electron chi connectivity index (χ0n) is 29.8. The maximum atomic E-state index is 3.78. The number of hydrogen-bond acceptors (Lipinski definition) is 1. The van der Waals surface area contributed by atoms with Gasteiger partial charge in [0.05, 0.1) is 0 Å². The van der Waals surface area contributed by atoms with Gasteiger partial charge in [-0.25, -0.2) is 0 Å². The van der Waals surface area contributed by atoms with Crippen molar-refractivity contribution in [1.29, 1.82) is 0 Å². The second-order valence-electron chi connectivity index (χ2n) is 14.1. The Kier molecular flexibility index (Phi) is 7.96. The minimum atomic E-state index is 0.797. The molecular weight excluding hydrogens is 651 g/mol. The molecule has 254 valence electrons. The van der Waals surface area contributed by atoms with Crippen LogP contribution in [-0.2, 0) is 6.42 Å². The van der Waals surface area contributed by atoms with E-state index in [4.69, 9.17) is 0 Å². The van der Waals surface area contributed by atoms with Crippen molar-refractivity contribution in [3.63, 3.8) is 0 Å². The average Bonchev–Trinajstić information content (AvgIpc) is 3.24. The number of benzene rings is 10. The summed E-state index contributed by atoms with van der Waals surface area (Å²) in [6.45, 7) is 0. The van der Waals surface area contributed by atoms with E-state index in [2.05, 4.69) is 212 Å². The van der Waals surface area contributed by atoms with Crippen LogP contribution < -0.4 is 5.32 Å². The second-order valence-corrected chi connectivity index (χ2v) is 14.1. The lowest BCUT2D eigenvalue weighted by Crippen LogP contribution is -2.00. The molecule has 0 amide bonds. The zero-order chi connectivity index (χ0) is 35.8. The quantitative estimate of drug-likeness (QED) is 0.130. The molecule has 0 radical (unpaired) electrons. The van der Waals surface area contributed by atoms with Gasteiger partial charge in [-0.3, -0.25) is 0 Å². The standard InChI is InChI=1S/C53H37N/c1-3-16-39(17-4-1)52-47-25-12-11-24-46(47)51(48-34-32-37-15-8-10-23-45(37)53(48)52)42-30-27-38(28-31-42)49(54-43-20-5-2-6-21-43)35-33-41-19-13-18-40-29-26-36-14-7-9-22-44(36)50(40)41/h1-32,34-35,54H,33H2/b49-35-. The fraction of sp³-hybridized carbons (Fsp3) is 0.0189. The molecule has 0 saturated heterocycles. The zero-order valence-corrected chi connectivity index (χ0v) is 29.8. The maximum Gasteiger partial charge on any atom is 0.0420 e. The lowest BCUT2D eigenvalue weighted by Gasteiger charge is -2.20. The molecule has 1 heteroatoms. The highest BCUT2D eigenvalue weighted by Gasteiger charge is 2.19. The van der Waals surface area contributed by atoms with Crippen molar-refractivity contribution < 1.29 is 0 Å². The topological polar surface area (TPSA) is 12.0 Å². The third-order valence-corrected chi connectivity index (χ3v) is 10.9. The van der Waals surface area contributed by atoms with E-state index in [1.54, 1.807) is 0 Å². The van der Waals surface area contributed by atoms with E-state index in [1.165, 1.54) is 81.7 Å². The molecule has 1 N–H and O–H groups in total. The number of anilines is 1. The summed E-state index contributed by atoms with van der Waals surface area (Å²) >= 11 is 0. The van der Waals surface area contributed by atoms with Gasteiger partial charge in [-0.2, -0.15) is 0 Å². The van der Waals surface area contributed by atoms with Crippen molar-refractivity contribution in [2.45, 2.75) is 6.42 Å². The first-order valence-electron chi connectivity index (χ1n) is 18.7. The Morgan fingerprint density at radius 3 is 1.63 bits per heavy atom. The number of nitrogens with one attached hydrogen (secondary N) is 1. The maximum absolute atomic E-state index is 3.78. The van der Waals surface area contributed by atoms with Gasteiger partial charge in [0.1, 0.15) is 0 Å². The van der Waals surface area contributed by atoms with E-state index >= 15 is 0 Å². The summed E-state index contributed by atoms with van der Waals surface area (Å²) in [5.41, 5.74) is 9.61. The van der Waals surface area contributed by atoms with Crippen molar-refractivity contribution in [3.8, 4) is 22.3 Å². The third kappa shape index (κ3) is 5.59. The van der Waals surface area contributed by atoms with Gasteiger partial charge in [0.15, 0.2) is 0 Å². The van der Waals surface area contributed by atoms with E-state index < -0.39 is 0 Å². The molecule has 1 nitrogen and oxygen atoms in total. The van der Waals surface area contributed by atoms with E-state index in [9.17, 15) is 0 Å². The van der Waals surface area contributed by atoms with E-state index in [0.29, 0.717) is 0 Å². The largest absolute Gasteiger partial charge is 0.355 e. The molecule has 0 atom stereocenters. The molecule has 54 heavy (non-hydrogen) atoms. The normalized spacial score (nSPS) is 11.9. The Bertz CT molecular complexity index is 3010. The summed E-state index contributed by atoms with van der Waals surface area (Å²) in [5.74, 6) is 0. The van der Waals surface area contributed by atoms with Crippen LogP contribution >= 0.6 is 0 Å². The van der Waals surface area contributed by atoms with Crippen LogP contribution in [0.15, 0.2) is 206 Å². The highest BCUT2D eigenvalue weighted by Crippen LogP contribution is 2.46. The Balaban J connectivity index is 1.13. The number of hydrogen-bond donors (Lipinski definition) is 1. The second kappa shape index (κ2) is 13.5. The van der Waals surface area contributed by atoms with Crippen LogP contribution in [0.25, 0.3) is 81.8 Å². The van der Waals surface area contributed by atoms with Gasteiger partial charge < -0.3 is 5.32 Å². The van der Waals surface area contributed by atoms with Crippen molar-refractivity contribution in [1.82, 2.24) is 0 Å². The molecular formula is C53H37N. The molecule has 10 aromatic rings. The summed E-state index contributed by atoms with van der Waals surface area (Å²) in [6.07, 6.45) is 3.15. The molecule has 0 aromatic heterocycles. The van der Waals surface area contributed by atoms with Crippen molar-refractivity contribution in [2.24, 2.45) is 0 Å². The number of para-hydroxylation sites is 1. The monoisotopic (exact) mass is 687 g/mol. The van der Waals surface area contributed by atoms with Gasteiger partial charge in [0, 0.05) is 11.4 Å². The predicted octanol–water partition coefficient (Wildman–Crippen LogP) is 14.5. The molecule has 0 unspecified atom stereocenters. The molecule has 0 fully saturated rings. The van der Waals surface area contributed by atoms with Crippen molar-refractivity contribution in [2.75, 3.05) is 5.32 Å². The molecule has 0 spiro atoms. The Hall–Kier alpha value is -6.96. The molecule has 0 heterocycles. The fourth-order valence-electron chi connectivity index (χ4n) is 8.42. The molecule has 0 saturated carbocycles. The predicted molar refractivity (Wildman–Crippen MR) is 233 cm³/mol. The van der Waals surface area contributed by atoms with Gasteiger partial charge in [0.2, 0.25) is 0 Å². The third-order valence-electron chi connectivity index (χ3n) is 10.9. The Labute approximate surface area is 315 Å². The van der Waals surface area contributed by atoms with Crippen LogP contribution in [0.1, 0.15) is 11.1 Å². The lowest BCUT2D eigenvalue weighted by atomic mass is 9.84. The summed E-state index contributed by atoms with van der Waals surface area (Å²) in [7, 11) is 0. The summed E-state index contributed by atoms with van der Waals surface area (Å²) in [4.78, 5) is 0. The van der Waals surface area contributed by atoms with Crippen LogP contribution in [0, 0.1) is 0 Å².